The first-order valence-corrected chi connectivity index (χ1v) is 8.08. The van der Waals surface area contributed by atoms with Gasteiger partial charge in [-0.1, -0.05) is 36.9 Å². The third-order valence-electron chi connectivity index (χ3n) is 3.98. The zero-order chi connectivity index (χ0) is 16.1. The fourth-order valence-corrected chi connectivity index (χ4v) is 3.21. The fraction of sp³-hybridized carbons (Fsp3) is 0.529. The van der Waals surface area contributed by atoms with Gasteiger partial charge in [0, 0.05) is 0 Å². The highest BCUT2D eigenvalue weighted by Gasteiger charge is 2.23. The average molecular weight is 324 g/mol. The van der Waals surface area contributed by atoms with Crippen LogP contribution < -0.4 is 5.32 Å². The van der Waals surface area contributed by atoms with Crippen LogP contribution in [0.4, 0.5) is 5.69 Å². The van der Waals surface area contributed by atoms with Crippen LogP contribution in [0.1, 0.15) is 43.2 Å². The molecule has 1 saturated carbocycles. The number of amides is 1. The lowest BCUT2D eigenvalue weighted by Crippen LogP contribution is -2.26. The Hall–Kier alpha value is -1.55. The maximum Gasteiger partial charge on any atom is 0.309 e. The van der Waals surface area contributed by atoms with E-state index in [1.54, 1.807) is 6.07 Å². The minimum atomic E-state index is -0.363. The Morgan fingerprint density at radius 3 is 2.55 bits per heavy atom. The molecule has 0 spiro atoms. The van der Waals surface area contributed by atoms with Gasteiger partial charge in [-0.15, -0.1) is 0 Å². The van der Waals surface area contributed by atoms with Gasteiger partial charge in [0.2, 0.25) is 0 Å². The van der Waals surface area contributed by atoms with Gasteiger partial charge in [-0.05, 0) is 43.9 Å². The molecule has 0 heterocycles. The number of hydrogen-bond acceptors (Lipinski definition) is 3. The van der Waals surface area contributed by atoms with Gasteiger partial charge < -0.3 is 10.1 Å². The lowest BCUT2D eigenvalue weighted by atomic mass is 9.89. The van der Waals surface area contributed by atoms with E-state index in [2.05, 4.69) is 5.32 Å². The van der Waals surface area contributed by atoms with Crippen LogP contribution in [0.2, 0.25) is 5.02 Å². The van der Waals surface area contributed by atoms with E-state index in [4.69, 9.17) is 16.3 Å². The number of carbonyl (C=O) groups excluding carboxylic acids is 2. The SMILES string of the molecule is Cc1cc(C)c(NC(=O)COC(=O)C2CCCCC2)c(Cl)c1. The molecule has 22 heavy (non-hydrogen) atoms. The van der Waals surface area contributed by atoms with E-state index in [1.807, 2.05) is 19.9 Å². The normalized spacial score (nSPS) is 15.4. The molecule has 0 aliphatic heterocycles. The summed E-state index contributed by atoms with van der Waals surface area (Å²) >= 11 is 6.14. The summed E-state index contributed by atoms with van der Waals surface area (Å²) < 4.78 is 5.12. The van der Waals surface area contributed by atoms with E-state index in [1.165, 1.54) is 6.42 Å². The second-order valence-electron chi connectivity index (χ2n) is 5.93. The zero-order valence-corrected chi connectivity index (χ0v) is 13.8. The third kappa shape index (κ3) is 4.47. The van der Waals surface area contributed by atoms with Crippen molar-refractivity contribution in [1.82, 2.24) is 0 Å². The number of halogens is 1. The van der Waals surface area contributed by atoms with Crippen LogP contribution >= 0.6 is 11.6 Å². The van der Waals surface area contributed by atoms with Gasteiger partial charge in [-0.2, -0.15) is 0 Å². The van der Waals surface area contributed by atoms with Crippen LogP contribution in [-0.4, -0.2) is 18.5 Å². The summed E-state index contributed by atoms with van der Waals surface area (Å²) in [4.78, 5) is 23.8. The quantitative estimate of drug-likeness (QED) is 0.851. The number of hydrogen-bond donors (Lipinski definition) is 1. The molecule has 1 amide bonds. The summed E-state index contributed by atoms with van der Waals surface area (Å²) in [6.45, 7) is 3.55. The van der Waals surface area contributed by atoms with Crippen molar-refractivity contribution in [2.45, 2.75) is 46.0 Å². The highest BCUT2D eigenvalue weighted by Crippen LogP contribution is 2.27. The molecule has 0 atom stereocenters. The van der Waals surface area contributed by atoms with Crippen molar-refractivity contribution in [1.29, 1.82) is 0 Å². The Labute approximate surface area is 136 Å². The van der Waals surface area contributed by atoms with Crippen LogP contribution in [0.15, 0.2) is 12.1 Å². The highest BCUT2D eigenvalue weighted by atomic mass is 35.5. The van der Waals surface area contributed by atoms with Crippen molar-refractivity contribution < 1.29 is 14.3 Å². The molecule has 1 aromatic carbocycles. The van der Waals surface area contributed by atoms with Crippen LogP contribution in [0, 0.1) is 19.8 Å². The summed E-state index contributed by atoms with van der Waals surface area (Å²) in [6, 6.07) is 3.73. The van der Waals surface area contributed by atoms with Crippen molar-refractivity contribution in [3.05, 3.63) is 28.3 Å². The van der Waals surface area contributed by atoms with E-state index >= 15 is 0 Å². The zero-order valence-electron chi connectivity index (χ0n) is 13.1. The monoisotopic (exact) mass is 323 g/mol. The van der Waals surface area contributed by atoms with Gasteiger partial charge in [0.1, 0.15) is 0 Å². The number of benzene rings is 1. The van der Waals surface area contributed by atoms with E-state index in [9.17, 15) is 9.59 Å². The first-order chi connectivity index (χ1) is 10.5. The molecule has 1 fully saturated rings. The molecule has 4 nitrogen and oxygen atoms in total. The van der Waals surface area contributed by atoms with E-state index in [-0.39, 0.29) is 24.4 Å². The first kappa shape index (κ1) is 16.8. The molecule has 1 N–H and O–H groups in total. The van der Waals surface area contributed by atoms with Gasteiger partial charge >= 0.3 is 5.97 Å². The molecule has 1 aliphatic carbocycles. The number of anilines is 1. The minimum absolute atomic E-state index is 0.0498. The molecule has 2 rings (SSSR count). The van der Waals surface area contributed by atoms with Gasteiger partial charge in [0.15, 0.2) is 6.61 Å². The summed E-state index contributed by atoms with van der Waals surface area (Å²) in [6.07, 6.45) is 5.02. The predicted octanol–water partition coefficient (Wildman–Crippen LogP) is 4.02. The number of nitrogens with one attached hydrogen (secondary N) is 1. The smallest absolute Gasteiger partial charge is 0.309 e. The van der Waals surface area contributed by atoms with Gasteiger partial charge in [-0.3, -0.25) is 9.59 Å². The lowest BCUT2D eigenvalue weighted by molar-refractivity contribution is -0.152. The Kier molecular flexibility index (Phi) is 5.83. The number of carbonyl (C=O) groups is 2. The van der Waals surface area contributed by atoms with Crippen molar-refractivity contribution in [2.75, 3.05) is 11.9 Å². The van der Waals surface area contributed by atoms with Crippen LogP contribution in [0.5, 0.6) is 0 Å². The standard InChI is InChI=1S/C17H22ClNO3/c1-11-8-12(2)16(14(18)9-11)19-15(20)10-22-17(21)13-6-4-3-5-7-13/h8-9,13H,3-7,10H2,1-2H3,(H,19,20). The highest BCUT2D eigenvalue weighted by molar-refractivity contribution is 6.34. The fourth-order valence-electron chi connectivity index (χ4n) is 2.84. The number of esters is 1. The van der Waals surface area contributed by atoms with Crippen molar-refractivity contribution >= 4 is 29.2 Å². The van der Waals surface area contributed by atoms with Crippen molar-refractivity contribution in [2.24, 2.45) is 5.92 Å². The maximum atomic E-state index is 11.9. The minimum Gasteiger partial charge on any atom is -0.455 e. The Morgan fingerprint density at radius 1 is 1.23 bits per heavy atom. The van der Waals surface area contributed by atoms with E-state index in [0.29, 0.717) is 10.7 Å². The van der Waals surface area contributed by atoms with Crippen molar-refractivity contribution in [3.8, 4) is 0 Å². The summed E-state index contributed by atoms with van der Waals surface area (Å²) in [5.74, 6) is -0.675. The van der Waals surface area contributed by atoms with E-state index in [0.717, 1.165) is 36.8 Å². The second kappa shape index (κ2) is 7.63. The van der Waals surface area contributed by atoms with Crippen molar-refractivity contribution in [3.63, 3.8) is 0 Å². The number of rotatable bonds is 4. The molecule has 1 aliphatic rings. The Morgan fingerprint density at radius 2 is 1.91 bits per heavy atom. The molecule has 0 saturated heterocycles. The number of ether oxygens (including phenoxy) is 1. The van der Waals surface area contributed by atoms with Crippen LogP contribution in [0.3, 0.4) is 0 Å². The number of aryl methyl sites for hydroxylation is 2. The molecule has 0 bridgehead atoms. The molecule has 1 aromatic rings. The maximum absolute atomic E-state index is 11.9. The van der Waals surface area contributed by atoms with Crippen LogP contribution in [-0.2, 0) is 14.3 Å². The summed E-state index contributed by atoms with van der Waals surface area (Å²) in [5, 5.41) is 3.21. The molecule has 0 aromatic heterocycles. The predicted molar refractivity (Wildman–Crippen MR) is 87.1 cm³/mol. The molecule has 5 heteroatoms. The molecular formula is C17H22ClNO3. The average Bonchev–Trinajstić information content (AvgIpc) is 2.49. The molecule has 120 valence electrons. The van der Waals surface area contributed by atoms with Gasteiger partial charge in [0.05, 0.1) is 16.6 Å². The topological polar surface area (TPSA) is 55.4 Å². The van der Waals surface area contributed by atoms with Gasteiger partial charge in [-0.25, -0.2) is 0 Å². The van der Waals surface area contributed by atoms with Crippen LogP contribution in [0.25, 0.3) is 0 Å². The Balaban J connectivity index is 1.87. The summed E-state index contributed by atoms with van der Waals surface area (Å²) in [7, 11) is 0. The first-order valence-electron chi connectivity index (χ1n) is 7.70. The Bertz CT molecular complexity index is 542. The largest absolute Gasteiger partial charge is 0.455 e. The third-order valence-corrected chi connectivity index (χ3v) is 4.28. The van der Waals surface area contributed by atoms with E-state index < -0.39 is 0 Å². The molecule has 0 radical (unpaired) electrons. The lowest BCUT2D eigenvalue weighted by Gasteiger charge is -2.19. The second-order valence-corrected chi connectivity index (χ2v) is 6.34. The molecule has 0 unspecified atom stereocenters. The molecular weight excluding hydrogens is 302 g/mol. The van der Waals surface area contributed by atoms with Gasteiger partial charge in [0.25, 0.3) is 5.91 Å². The summed E-state index contributed by atoms with van der Waals surface area (Å²) in [5.41, 5.74) is 2.49.